The molecule has 0 unspecified atom stereocenters. The van der Waals surface area contributed by atoms with Gasteiger partial charge in [0.15, 0.2) is 0 Å². The van der Waals surface area contributed by atoms with Crippen LogP contribution in [0.25, 0.3) is 0 Å². The van der Waals surface area contributed by atoms with Crippen molar-refractivity contribution in [3.63, 3.8) is 0 Å². The van der Waals surface area contributed by atoms with Crippen LogP contribution in [0.15, 0.2) is 24.3 Å². The number of likely N-dealkylation sites (tertiary alicyclic amines) is 2. The van der Waals surface area contributed by atoms with Crippen LogP contribution in [0.3, 0.4) is 0 Å². The Morgan fingerprint density at radius 3 is 2.05 bits per heavy atom. The van der Waals surface area contributed by atoms with Gasteiger partial charge < -0.3 is 29.7 Å². The van der Waals surface area contributed by atoms with E-state index >= 15 is 0 Å². The van der Waals surface area contributed by atoms with E-state index in [2.05, 4.69) is 0 Å². The van der Waals surface area contributed by atoms with Gasteiger partial charge in [-0.05, 0) is 76.5 Å². The van der Waals surface area contributed by atoms with Gasteiger partial charge in [0.1, 0.15) is 5.75 Å². The topological polar surface area (TPSA) is 94.3 Å². The number of amides is 2. The Labute approximate surface area is 229 Å². The molecule has 1 aromatic carbocycles. The lowest BCUT2D eigenvalue weighted by Crippen LogP contribution is -2.62. The largest absolute Gasteiger partial charge is 0.490 e. The first kappa shape index (κ1) is 30.4. The molecule has 1 aromatic rings. The maximum atomic E-state index is 13.0. The number of nitrogens with two attached hydrogens (primary N) is 1. The summed E-state index contributed by atoms with van der Waals surface area (Å²) in [5, 5.41) is 0. The number of carbonyl (C=O) groups is 2. The monoisotopic (exact) mass is 559 g/mol. The van der Waals surface area contributed by atoms with E-state index in [4.69, 9.17) is 19.9 Å². The molecule has 2 saturated heterocycles. The molecule has 1 saturated carbocycles. The van der Waals surface area contributed by atoms with Gasteiger partial charge in [-0.2, -0.15) is 0 Å². The minimum atomic E-state index is -2.79. The number of carbonyl (C=O) groups excluding carboxylic acids is 2. The van der Waals surface area contributed by atoms with Crippen LogP contribution in [0, 0.1) is 0 Å². The van der Waals surface area contributed by atoms with Gasteiger partial charge in [0.05, 0.1) is 43.5 Å². The molecule has 11 heteroatoms. The molecular formula is C27H40ClF2N3O5. The summed E-state index contributed by atoms with van der Waals surface area (Å²) < 4.78 is 43.8. The molecule has 3 aliphatic rings. The van der Waals surface area contributed by atoms with Gasteiger partial charge in [0, 0.05) is 13.1 Å². The minimum Gasteiger partial charge on any atom is -0.490 e. The number of ether oxygens (including phenoxy) is 3. The SMILES string of the molecule is CC(C)OC(=O)N1CCC(O[C@H]2CC[C@H](Oc3ccc(C[C@@H](N)C(=O)N4CC(F)(F)C4)cc3)CC2)CC1.Cl. The summed E-state index contributed by atoms with van der Waals surface area (Å²) in [4.78, 5) is 27.1. The first-order valence-electron chi connectivity index (χ1n) is 13.4. The van der Waals surface area contributed by atoms with Crippen LogP contribution in [0.2, 0.25) is 0 Å². The molecule has 8 nitrogen and oxygen atoms in total. The van der Waals surface area contributed by atoms with Gasteiger partial charge in [0.2, 0.25) is 5.91 Å². The first-order valence-corrected chi connectivity index (χ1v) is 13.4. The number of rotatable bonds is 8. The van der Waals surface area contributed by atoms with Crippen LogP contribution < -0.4 is 10.5 Å². The summed E-state index contributed by atoms with van der Waals surface area (Å²) in [7, 11) is 0. The highest BCUT2D eigenvalue weighted by molar-refractivity contribution is 5.85. The van der Waals surface area contributed by atoms with Crippen LogP contribution in [0.4, 0.5) is 13.6 Å². The Hall–Kier alpha value is -2.17. The molecule has 1 aliphatic carbocycles. The van der Waals surface area contributed by atoms with Crippen molar-refractivity contribution in [1.29, 1.82) is 0 Å². The summed E-state index contributed by atoms with van der Waals surface area (Å²) in [6.45, 7) is 3.94. The van der Waals surface area contributed by atoms with E-state index in [1.807, 2.05) is 38.1 Å². The summed E-state index contributed by atoms with van der Waals surface area (Å²) in [6, 6.07) is 6.63. The predicted octanol–water partition coefficient (Wildman–Crippen LogP) is 4.17. The zero-order chi connectivity index (χ0) is 26.6. The van der Waals surface area contributed by atoms with Crippen LogP contribution in [-0.4, -0.2) is 84.4 Å². The van der Waals surface area contributed by atoms with Gasteiger partial charge in [-0.15, -0.1) is 12.4 Å². The van der Waals surface area contributed by atoms with Crippen molar-refractivity contribution in [2.24, 2.45) is 5.73 Å². The number of nitrogens with zero attached hydrogens (tertiary/aromatic N) is 2. The van der Waals surface area contributed by atoms with E-state index in [9.17, 15) is 18.4 Å². The first-order chi connectivity index (χ1) is 17.6. The second kappa shape index (κ2) is 13.3. The van der Waals surface area contributed by atoms with Gasteiger partial charge in [-0.3, -0.25) is 4.79 Å². The Kier molecular flexibility index (Phi) is 10.6. The van der Waals surface area contributed by atoms with Crippen molar-refractivity contribution in [1.82, 2.24) is 9.80 Å². The van der Waals surface area contributed by atoms with Crippen molar-refractivity contribution in [3.8, 4) is 5.75 Å². The number of piperidine rings is 1. The van der Waals surface area contributed by atoms with E-state index in [0.29, 0.717) is 19.5 Å². The highest BCUT2D eigenvalue weighted by Crippen LogP contribution is 2.29. The predicted molar refractivity (Wildman–Crippen MR) is 141 cm³/mol. The lowest BCUT2D eigenvalue weighted by molar-refractivity contribution is -0.166. The van der Waals surface area contributed by atoms with Crippen molar-refractivity contribution in [2.45, 2.75) is 95.2 Å². The second-order valence-corrected chi connectivity index (χ2v) is 10.8. The van der Waals surface area contributed by atoms with Crippen LogP contribution in [-0.2, 0) is 20.7 Å². The lowest BCUT2D eigenvalue weighted by atomic mass is 9.94. The van der Waals surface area contributed by atoms with E-state index in [0.717, 1.165) is 54.7 Å². The van der Waals surface area contributed by atoms with Crippen molar-refractivity contribution in [2.75, 3.05) is 26.2 Å². The van der Waals surface area contributed by atoms with Gasteiger partial charge in [-0.1, -0.05) is 12.1 Å². The fraction of sp³-hybridized carbons (Fsp3) is 0.704. The quantitative estimate of drug-likeness (QED) is 0.514. The molecular weight excluding hydrogens is 520 g/mol. The summed E-state index contributed by atoms with van der Waals surface area (Å²) in [5.74, 6) is -2.47. The normalized spacial score (nSPS) is 24.3. The van der Waals surface area contributed by atoms with E-state index < -0.39 is 31.0 Å². The zero-order valence-electron chi connectivity index (χ0n) is 22.2. The average Bonchev–Trinajstić information content (AvgIpc) is 2.84. The van der Waals surface area contributed by atoms with Gasteiger partial charge >= 0.3 is 6.09 Å². The molecule has 214 valence electrons. The standard InChI is InChI=1S/C27H39F2N3O5.ClH/c1-18(2)35-26(34)31-13-11-23(12-14-31)37-22-9-7-21(8-10-22)36-20-5-3-19(4-6-20)15-24(30)25(33)32-16-27(28,29)17-32;/h3-6,18,21-24H,7-17,30H2,1-2H3;1H/t21-,22-,24-;/m1./s1. The van der Waals surface area contributed by atoms with E-state index in [1.165, 1.54) is 0 Å². The Bertz CT molecular complexity index is 912. The van der Waals surface area contributed by atoms with Crippen LogP contribution in [0.1, 0.15) is 57.9 Å². The molecule has 2 N–H and O–H groups in total. The lowest BCUT2D eigenvalue weighted by Gasteiger charge is -2.39. The Balaban J connectivity index is 0.00000400. The van der Waals surface area contributed by atoms with Crippen LogP contribution in [0.5, 0.6) is 5.75 Å². The molecule has 38 heavy (non-hydrogen) atoms. The Morgan fingerprint density at radius 1 is 0.947 bits per heavy atom. The molecule has 0 bridgehead atoms. The molecule has 0 radical (unpaired) electrons. The molecule has 2 heterocycles. The molecule has 4 rings (SSSR count). The number of benzene rings is 1. The summed E-state index contributed by atoms with van der Waals surface area (Å²) >= 11 is 0. The second-order valence-electron chi connectivity index (χ2n) is 10.8. The highest BCUT2D eigenvalue weighted by Gasteiger charge is 2.47. The number of alkyl halides is 2. The van der Waals surface area contributed by atoms with Crippen LogP contribution >= 0.6 is 12.4 Å². The molecule has 0 aromatic heterocycles. The molecule has 3 fully saturated rings. The smallest absolute Gasteiger partial charge is 0.410 e. The molecule has 2 aliphatic heterocycles. The van der Waals surface area contributed by atoms with Crippen molar-refractivity contribution in [3.05, 3.63) is 29.8 Å². The molecule has 0 spiro atoms. The minimum absolute atomic E-state index is 0. The van der Waals surface area contributed by atoms with E-state index in [-0.39, 0.29) is 42.9 Å². The highest BCUT2D eigenvalue weighted by atomic mass is 35.5. The maximum Gasteiger partial charge on any atom is 0.410 e. The summed E-state index contributed by atoms with van der Waals surface area (Å²) in [5.41, 5.74) is 6.81. The fourth-order valence-corrected chi connectivity index (χ4v) is 5.15. The number of halogens is 3. The van der Waals surface area contributed by atoms with Crippen molar-refractivity contribution >= 4 is 24.4 Å². The summed E-state index contributed by atoms with van der Waals surface area (Å²) in [6.07, 6.45) is 5.80. The van der Waals surface area contributed by atoms with E-state index in [1.54, 1.807) is 4.90 Å². The Morgan fingerprint density at radius 2 is 1.50 bits per heavy atom. The third-order valence-electron chi connectivity index (χ3n) is 7.20. The third kappa shape index (κ3) is 8.41. The zero-order valence-corrected chi connectivity index (χ0v) is 23.0. The molecule has 2 amide bonds. The maximum absolute atomic E-state index is 13.0. The average molecular weight is 560 g/mol. The van der Waals surface area contributed by atoms with Crippen molar-refractivity contribution < 1.29 is 32.6 Å². The molecule has 1 atom stereocenters. The van der Waals surface area contributed by atoms with Gasteiger partial charge in [0.25, 0.3) is 5.92 Å². The third-order valence-corrected chi connectivity index (χ3v) is 7.20. The fourth-order valence-electron chi connectivity index (χ4n) is 5.15. The number of hydrogen-bond donors (Lipinski definition) is 1. The number of hydrogen-bond acceptors (Lipinski definition) is 6. The van der Waals surface area contributed by atoms with Gasteiger partial charge in [-0.25, -0.2) is 13.6 Å².